The first kappa shape index (κ1) is 14.3. The van der Waals surface area contributed by atoms with Gasteiger partial charge >= 0.3 is 0 Å². The van der Waals surface area contributed by atoms with Gasteiger partial charge in [-0.05, 0) is 35.9 Å². The number of hydrogen-bond acceptors (Lipinski definition) is 1. The van der Waals surface area contributed by atoms with Crippen LogP contribution in [0.2, 0.25) is 15.1 Å². The minimum absolute atomic E-state index is 0.00424. The number of carbonyl (C=O) groups is 1. The van der Waals surface area contributed by atoms with E-state index in [2.05, 4.69) is 0 Å². The second-order valence-corrected chi connectivity index (χ2v) is 5.24. The minimum Gasteiger partial charge on any atom is -0.294 e. The van der Waals surface area contributed by atoms with E-state index in [-0.39, 0.29) is 22.8 Å². The molecular weight excluding hydrogens is 310 g/mol. The summed E-state index contributed by atoms with van der Waals surface area (Å²) in [6, 6.07) is 8.78. The molecule has 2 rings (SSSR count). The smallest absolute Gasteiger partial charge is 0.170 e. The fourth-order valence-corrected chi connectivity index (χ4v) is 2.28. The third-order valence-electron chi connectivity index (χ3n) is 2.60. The fourth-order valence-electron chi connectivity index (χ4n) is 1.65. The van der Waals surface area contributed by atoms with E-state index in [1.54, 1.807) is 18.2 Å². The number of carbonyl (C=O) groups excluding carboxylic acids is 1. The van der Waals surface area contributed by atoms with E-state index in [1.165, 1.54) is 12.1 Å². The highest BCUT2D eigenvalue weighted by Crippen LogP contribution is 2.23. The molecule has 2 aromatic rings. The molecule has 0 heterocycles. The Morgan fingerprint density at radius 1 is 1.00 bits per heavy atom. The van der Waals surface area contributed by atoms with Crippen molar-refractivity contribution in [2.24, 2.45) is 0 Å². The van der Waals surface area contributed by atoms with Crippen LogP contribution in [-0.4, -0.2) is 5.78 Å². The summed E-state index contributed by atoms with van der Waals surface area (Å²) in [5.41, 5.74) is 0.598. The van der Waals surface area contributed by atoms with Crippen LogP contribution >= 0.6 is 34.8 Å². The molecule has 0 aromatic heterocycles. The molecule has 5 heteroatoms. The Morgan fingerprint density at radius 3 is 2.26 bits per heavy atom. The SMILES string of the molecule is O=C(Cc1ccc(Cl)cc1Cl)c1ccc(Cl)cc1F. The van der Waals surface area contributed by atoms with Crippen LogP contribution in [0, 0.1) is 5.82 Å². The molecule has 0 bridgehead atoms. The first-order valence-corrected chi connectivity index (χ1v) is 6.53. The summed E-state index contributed by atoms with van der Waals surface area (Å²) >= 11 is 17.4. The van der Waals surface area contributed by atoms with Crippen LogP contribution in [-0.2, 0) is 6.42 Å². The van der Waals surface area contributed by atoms with Gasteiger partial charge in [-0.25, -0.2) is 4.39 Å². The summed E-state index contributed by atoms with van der Waals surface area (Å²) in [5.74, 6) is -0.999. The van der Waals surface area contributed by atoms with E-state index in [9.17, 15) is 9.18 Å². The molecule has 0 saturated heterocycles. The summed E-state index contributed by atoms with van der Waals surface area (Å²) in [7, 11) is 0. The molecule has 19 heavy (non-hydrogen) atoms. The molecule has 0 atom stereocenters. The van der Waals surface area contributed by atoms with Crippen molar-refractivity contribution in [1.82, 2.24) is 0 Å². The van der Waals surface area contributed by atoms with Crippen LogP contribution in [0.25, 0.3) is 0 Å². The van der Waals surface area contributed by atoms with Crippen molar-refractivity contribution >= 4 is 40.6 Å². The highest BCUT2D eigenvalue weighted by atomic mass is 35.5. The lowest BCUT2D eigenvalue weighted by molar-refractivity contribution is 0.0989. The second-order valence-electron chi connectivity index (χ2n) is 3.96. The van der Waals surface area contributed by atoms with Crippen molar-refractivity contribution in [2.45, 2.75) is 6.42 Å². The number of Topliss-reactive ketones (excluding diaryl/α,β-unsaturated/α-hetero) is 1. The van der Waals surface area contributed by atoms with E-state index in [1.807, 2.05) is 0 Å². The molecule has 0 saturated carbocycles. The van der Waals surface area contributed by atoms with Crippen LogP contribution in [0.4, 0.5) is 4.39 Å². The van der Waals surface area contributed by atoms with E-state index >= 15 is 0 Å². The van der Waals surface area contributed by atoms with Crippen LogP contribution in [0.15, 0.2) is 36.4 Å². The Hall–Kier alpha value is -1.09. The van der Waals surface area contributed by atoms with Gasteiger partial charge in [0.2, 0.25) is 0 Å². The monoisotopic (exact) mass is 316 g/mol. The van der Waals surface area contributed by atoms with Crippen molar-refractivity contribution in [3.63, 3.8) is 0 Å². The van der Waals surface area contributed by atoms with Gasteiger partial charge in [0, 0.05) is 21.5 Å². The van der Waals surface area contributed by atoms with E-state index in [0.29, 0.717) is 15.6 Å². The highest BCUT2D eigenvalue weighted by Gasteiger charge is 2.14. The molecule has 0 amide bonds. The lowest BCUT2D eigenvalue weighted by atomic mass is 10.0. The molecule has 0 spiro atoms. The summed E-state index contributed by atoms with van der Waals surface area (Å²) in [4.78, 5) is 12.0. The largest absolute Gasteiger partial charge is 0.294 e. The van der Waals surface area contributed by atoms with E-state index < -0.39 is 5.82 Å². The normalized spacial score (nSPS) is 10.5. The lowest BCUT2D eigenvalue weighted by Crippen LogP contribution is -2.06. The number of halogens is 4. The molecule has 98 valence electrons. The maximum absolute atomic E-state index is 13.6. The molecule has 0 aliphatic carbocycles. The second kappa shape index (κ2) is 5.91. The average molecular weight is 318 g/mol. The van der Waals surface area contributed by atoms with Gasteiger partial charge in [0.25, 0.3) is 0 Å². The predicted octanol–water partition coefficient (Wildman–Crippen LogP) is 5.21. The van der Waals surface area contributed by atoms with Crippen LogP contribution in [0.1, 0.15) is 15.9 Å². The zero-order chi connectivity index (χ0) is 14.0. The third-order valence-corrected chi connectivity index (χ3v) is 3.42. The van der Waals surface area contributed by atoms with Crippen LogP contribution < -0.4 is 0 Å². The van der Waals surface area contributed by atoms with Crippen LogP contribution in [0.3, 0.4) is 0 Å². The summed E-state index contributed by atoms with van der Waals surface area (Å²) in [6.45, 7) is 0. The molecule has 0 aliphatic heterocycles. The van der Waals surface area contributed by atoms with Gasteiger partial charge in [-0.1, -0.05) is 40.9 Å². The third kappa shape index (κ3) is 3.47. The van der Waals surface area contributed by atoms with Crippen molar-refractivity contribution in [3.8, 4) is 0 Å². The number of benzene rings is 2. The first-order chi connectivity index (χ1) is 8.97. The Kier molecular flexibility index (Phi) is 4.46. The van der Waals surface area contributed by atoms with Gasteiger partial charge in [-0.15, -0.1) is 0 Å². The molecule has 0 fully saturated rings. The van der Waals surface area contributed by atoms with Crippen molar-refractivity contribution in [2.75, 3.05) is 0 Å². The Bertz CT molecular complexity index is 641. The topological polar surface area (TPSA) is 17.1 Å². The van der Waals surface area contributed by atoms with Gasteiger partial charge in [0.05, 0.1) is 5.56 Å². The quantitative estimate of drug-likeness (QED) is 0.710. The zero-order valence-electron chi connectivity index (χ0n) is 9.59. The van der Waals surface area contributed by atoms with Gasteiger partial charge in [0.1, 0.15) is 5.82 Å². The molecule has 2 aromatic carbocycles. The maximum atomic E-state index is 13.6. The Morgan fingerprint density at radius 2 is 1.63 bits per heavy atom. The van der Waals surface area contributed by atoms with Crippen molar-refractivity contribution in [3.05, 3.63) is 68.4 Å². The van der Waals surface area contributed by atoms with E-state index in [4.69, 9.17) is 34.8 Å². The number of rotatable bonds is 3. The average Bonchev–Trinajstić information content (AvgIpc) is 2.32. The highest BCUT2D eigenvalue weighted by molar-refractivity contribution is 6.35. The van der Waals surface area contributed by atoms with Gasteiger partial charge in [0.15, 0.2) is 5.78 Å². The summed E-state index contributed by atoms with van der Waals surface area (Å²) < 4.78 is 13.6. The maximum Gasteiger partial charge on any atom is 0.170 e. The van der Waals surface area contributed by atoms with Crippen molar-refractivity contribution < 1.29 is 9.18 Å². The van der Waals surface area contributed by atoms with Crippen molar-refractivity contribution in [1.29, 1.82) is 0 Å². The van der Waals surface area contributed by atoms with Crippen LogP contribution in [0.5, 0.6) is 0 Å². The predicted molar refractivity (Wildman–Crippen MR) is 75.9 cm³/mol. The molecule has 0 N–H and O–H groups in total. The minimum atomic E-state index is -0.636. The molecular formula is C14H8Cl3FO. The zero-order valence-corrected chi connectivity index (χ0v) is 11.9. The summed E-state index contributed by atoms with van der Waals surface area (Å²) in [5, 5.41) is 1.12. The first-order valence-electron chi connectivity index (χ1n) is 5.39. The molecule has 0 radical (unpaired) electrons. The van der Waals surface area contributed by atoms with E-state index in [0.717, 1.165) is 6.07 Å². The number of hydrogen-bond donors (Lipinski definition) is 0. The number of ketones is 1. The lowest BCUT2D eigenvalue weighted by Gasteiger charge is -2.05. The standard InChI is InChI=1S/C14H8Cl3FO/c15-9-2-1-8(12(17)6-9)5-14(19)11-4-3-10(16)7-13(11)18/h1-4,6-7H,5H2. The fraction of sp³-hybridized carbons (Fsp3) is 0.0714. The Balaban J connectivity index is 2.25. The van der Waals surface area contributed by atoms with Gasteiger partial charge in [-0.2, -0.15) is 0 Å². The Labute approximate surface area is 124 Å². The van der Waals surface area contributed by atoms with Gasteiger partial charge in [-0.3, -0.25) is 4.79 Å². The molecule has 0 unspecified atom stereocenters. The van der Waals surface area contributed by atoms with Gasteiger partial charge < -0.3 is 0 Å². The molecule has 1 nitrogen and oxygen atoms in total. The molecule has 0 aliphatic rings. The summed E-state index contributed by atoms with van der Waals surface area (Å²) in [6.07, 6.45) is 0.00849.